The molecule has 1 unspecified atom stereocenters. The van der Waals surface area contributed by atoms with Crippen molar-refractivity contribution < 1.29 is 17.9 Å². The molecule has 0 aliphatic carbocycles. The molecule has 0 aromatic heterocycles. The summed E-state index contributed by atoms with van der Waals surface area (Å²) in [4.78, 5) is -0.0426. The Morgan fingerprint density at radius 3 is 2.56 bits per heavy atom. The van der Waals surface area contributed by atoms with Gasteiger partial charge in [0.1, 0.15) is 16.7 Å². The van der Waals surface area contributed by atoms with E-state index in [0.29, 0.717) is 16.9 Å². The van der Waals surface area contributed by atoms with Gasteiger partial charge in [0.05, 0.1) is 25.3 Å². The number of methoxy groups -OCH3 is 2. The molecule has 0 heterocycles. The largest absolute Gasteiger partial charge is 0.497 e. The van der Waals surface area contributed by atoms with Gasteiger partial charge in [0.25, 0.3) is 0 Å². The smallest absolute Gasteiger partial charge is 0.242 e. The third-order valence-corrected chi connectivity index (χ3v) is 5.28. The van der Waals surface area contributed by atoms with E-state index in [0.717, 1.165) is 0 Å². The molecular formula is C18H20N2O4S. The van der Waals surface area contributed by atoms with Crippen molar-refractivity contribution in [1.82, 2.24) is 4.72 Å². The number of hydrogen-bond donors (Lipinski definition) is 1. The van der Waals surface area contributed by atoms with Gasteiger partial charge in [-0.15, -0.1) is 0 Å². The van der Waals surface area contributed by atoms with Gasteiger partial charge in [-0.25, -0.2) is 13.1 Å². The minimum atomic E-state index is -3.91. The Morgan fingerprint density at radius 1 is 1.20 bits per heavy atom. The molecule has 2 rings (SSSR count). The maximum Gasteiger partial charge on any atom is 0.242 e. The minimum Gasteiger partial charge on any atom is -0.497 e. The molecule has 2 aromatic rings. The Morgan fingerprint density at radius 2 is 1.92 bits per heavy atom. The summed E-state index contributed by atoms with van der Waals surface area (Å²) >= 11 is 0. The molecule has 0 radical (unpaired) electrons. The average molecular weight is 360 g/mol. The van der Waals surface area contributed by atoms with Crippen LogP contribution in [0.5, 0.6) is 5.75 Å². The van der Waals surface area contributed by atoms with Crippen LogP contribution in [0.4, 0.5) is 0 Å². The highest BCUT2D eigenvalue weighted by atomic mass is 32.2. The lowest BCUT2D eigenvalue weighted by molar-refractivity contribution is 0.175. The fourth-order valence-electron chi connectivity index (χ4n) is 2.48. The summed E-state index contributed by atoms with van der Waals surface area (Å²) in [6, 6.07) is 13.2. The molecule has 6 nitrogen and oxygen atoms in total. The number of nitrogens with zero attached hydrogens (tertiary/aromatic N) is 1. The highest BCUT2D eigenvalue weighted by Gasteiger charge is 2.25. The van der Waals surface area contributed by atoms with E-state index < -0.39 is 16.1 Å². The molecule has 132 valence electrons. The molecule has 2 aromatic carbocycles. The van der Waals surface area contributed by atoms with Gasteiger partial charge in [-0.05, 0) is 36.2 Å². The fourth-order valence-corrected chi connectivity index (χ4v) is 3.92. The third-order valence-electron chi connectivity index (χ3n) is 3.76. The van der Waals surface area contributed by atoms with Gasteiger partial charge in [-0.2, -0.15) is 5.26 Å². The Labute approximate surface area is 148 Å². The third kappa shape index (κ3) is 4.37. The van der Waals surface area contributed by atoms with Gasteiger partial charge in [0.2, 0.25) is 10.0 Å². The monoisotopic (exact) mass is 360 g/mol. The number of hydrogen-bond acceptors (Lipinski definition) is 5. The van der Waals surface area contributed by atoms with Crippen LogP contribution in [0.1, 0.15) is 22.7 Å². The van der Waals surface area contributed by atoms with Crippen LogP contribution < -0.4 is 9.46 Å². The number of aryl methyl sites for hydroxylation is 1. The molecule has 0 spiro atoms. The maximum atomic E-state index is 12.8. The molecule has 0 amide bonds. The Bertz CT molecular complexity index is 888. The molecule has 7 heteroatoms. The molecule has 0 fully saturated rings. The van der Waals surface area contributed by atoms with Gasteiger partial charge >= 0.3 is 0 Å². The first-order chi connectivity index (χ1) is 11.9. The van der Waals surface area contributed by atoms with E-state index in [1.165, 1.54) is 13.2 Å². The number of nitrogens with one attached hydrogen (secondary N) is 1. The van der Waals surface area contributed by atoms with Gasteiger partial charge in [0, 0.05) is 7.11 Å². The van der Waals surface area contributed by atoms with Crippen LogP contribution in [-0.4, -0.2) is 29.2 Å². The normalized spacial score (nSPS) is 12.4. The summed E-state index contributed by atoms with van der Waals surface area (Å²) < 4.78 is 38.6. The molecule has 0 saturated heterocycles. The second kappa shape index (κ2) is 8.12. The van der Waals surface area contributed by atoms with Crippen molar-refractivity contribution in [2.45, 2.75) is 17.9 Å². The number of sulfonamides is 1. The maximum absolute atomic E-state index is 12.8. The summed E-state index contributed by atoms with van der Waals surface area (Å²) in [5, 5.41) is 9.30. The fraction of sp³-hybridized carbons (Fsp3) is 0.278. The van der Waals surface area contributed by atoms with Crippen molar-refractivity contribution in [1.29, 1.82) is 5.26 Å². The second-order valence-electron chi connectivity index (χ2n) is 5.47. The summed E-state index contributed by atoms with van der Waals surface area (Å²) in [5.41, 5.74) is 1.45. The molecule has 0 aliphatic heterocycles. The average Bonchev–Trinajstić information content (AvgIpc) is 2.61. The lowest BCUT2D eigenvalue weighted by atomic mass is 10.1. The van der Waals surface area contributed by atoms with Crippen LogP contribution in [0.25, 0.3) is 0 Å². The van der Waals surface area contributed by atoms with Crippen LogP contribution in [0.2, 0.25) is 0 Å². The first kappa shape index (κ1) is 18.9. The molecule has 25 heavy (non-hydrogen) atoms. The zero-order chi connectivity index (χ0) is 18.4. The van der Waals surface area contributed by atoms with E-state index in [2.05, 4.69) is 4.72 Å². The van der Waals surface area contributed by atoms with Crippen molar-refractivity contribution in [3.63, 3.8) is 0 Å². The Balaban J connectivity index is 2.42. The van der Waals surface area contributed by atoms with Gasteiger partial charge in [-0.3, -0.25) is 0 Å². The summed E-state index contributed by atoms with van der Waals surface area (Å²) in [5.74, 6) is 0.617. The predicted octanol–water partition coefficient (Wildman–Crippen LogP) is 2.54. The van der Waals surface area contributed by atoms with Crippen molar-refractivity contribution >= 4 is 10.0 Å². The van der Waals surface area contributed by atoms with Crippen LogP contribution in [-0.2, 0) is 14.8 Å². The lowest BCUT2D eigenvalue weighted by Gasteiger charge is -2.19. The highest BCUT2D eigenvalue weighted by Crippen LogP contribution is 2.24. The molecule has 0 bridgehead atoms. The first-order valence-corrected chi connectivity index (χ1v) is 9.06. The Hall–Kier alpha value is -2.40. The van der Waals surface area contributed by atoms with E-state index in [1.54, 1.807) is 50.4 Å². The van der Waals surface area contributed by atoms with Crippen LogP contribution in [0, 0.1) is 18.3 Å². The topological polar surface area (TPSA) is 88.4 Å². The minimum absolute atomic E-state index is 0.0426. The second-order valence-corrected chi connectivity index (χ2v) is 7.15. The zero-order valence-electron chi connectivity index (χ0n) is 14.3. The summed E-state index contributed by atoms with van der Waals surface area (Å²) in [6.45, 7) is 1.84. The summed E-state index contributed by atoms with van der Waals surface area (Å²) in [7, 11) is -0.871. The number of benzene rings is 2. The first-order valence-electron chi connectivity index (χ1n) is 7.58. The lowest BCUT2D eigenvalue weighted by Crippen LogP contribution is -2.32. The highest BCUT2D eigenvalue weighted by molar-refractivity contribution is 7.89. The van der Waals surface area contributed by atoms with E-state index in [9.17, 15) is 13.7 Å². The van der Waals surface area contributed by atoms with Crippen LogP contribution in [0.3, 0.4) is 0 Å². The standard InChI is InChI=1S/C18H20N2O4S/c1-13-6-4-9-18(16(13)11-19)25(21,22)20-17(12-23-2)14-7-5-8-15(10-14)24-3/h4-10,17,20H,12H2,1-3H3. The molecule has 1 atom stereocenters. The van der Waals surface area contributed by atoms with Gasteiger partial charge in [0.15, 0.2) is 0 Å². The van der Waals surface area contributed by atoms with Gasteiger partial charge in [-0.1, -0.05) is 24.3 Å². The van der Waals surface area contributed by atoms with Crippen molar-refractivity contribution in [2.24, 2.45) is 0 Å². The molecule has 0 saturated carbocycles. The van der Waals surface area contributed by atoms with E-state index in [1.807, 2.05) is 6.07 Å². The van der Waals surface area contributed by atoms with Crippen molar-refractivity contribution in [3.8, 4) is 11.8 Å². The van der Waals surface area contributed by atoms with Crippen molar-refractivity contribution in [3.05, 3.63) is 59.2 Å². The molecule has 1 N–H and O–H groups in total. The van der Waals surface area contributed by atoms with E-state index >= 15 is 0 Å². The van der Waals surface area contributed by atoms with Crippen LogP contribution in [0.15, 0.2) is 47.4 Å². The molecule has 0 aliphatic rings. The zero-order valence-corrected chi connectivity index (χ0v) is 15.1. The van der Waals surface area contributed by atoms with E-state index in [4.69, 9.17) is 9.47 Å². The number of rotatable bonds is 7. The predicted molar refractivity (Wildman–Crippen MR) is 93.8 cm³/mol. The number of ether oxygens (including phenoxy) is 2. The van der Waals surface area contributed by atoms with E-state index in [-0.39, 0.29) is 17.1 Å². The quantitative estimate of drug-likeness (QED) is 0.820. The van der Waals surface area contributed by atoms with Gasteiger partial charge < -0.3 is 9.47 Å². The molecular weight excluding hydrogens is 340 g/mol. The van der Waals surface area contributed by atoms with Crippen molar-refractivity contribution in [2.75, 3.05) is 20.8 Å². The van der Waals surface area contributed by atoms with Crippen LogP contribution >= 0.6 is 0 Å². The summed E-state index contributed by atoms with van der Waals surface area (Å²) in [6.07, 6.45) is 0. The number of nitriles is 1. The Kier molecular flexibility index (Phi) is 6.15. The SMILES string of the molecule is COCC(NS(=O)(=O)c1cccc(C)c1C#N)c1cccc(OC)c1.